The number of hydrogen-bond acceptors (Lipinski definition) is 2. The van der Waals surface area contributed by atoms with Crippen molar-refractivity contribution in [3.8, 4) is 0 Å². The molecule has 11 heavy (non-hydrogen) atoms. The Balaban J connectivity index is 2.05. The second-order valence-corrected chi connectivity index (χ2v) is 4.60. The zero-order chi connectivity index (χ0) is 7.90. The SMILES string of the molecule is CC1(N)CCC2CNC(C2)C1. The van der Waals surface area contributed by atoms with Crippen molar-refractivity contribution in [2.45, 2.75) is 44.2 Å². The van der Waals surface area contributed by atoms with Crippen molar-refractivity contribution in [2.75, 3.05) is 6.54 Å². The van der Waals surface area contributed by atoms with E-state index >= 15 is 0 Å². The molecule has 3 unspecified atom stereocenters. The van der Waals surface area contributed by atoms with Gasteiger partial charge in [-0.2, -0.15) is 0 Å². The fourth-order valence-corrected chi connectivity index (χ4v) is 2.48. The van der Waals surface area contributed by atoms with Gasteiger partial charge < -0.3 is 11.1 Å². The maximum absolute atomic E-state index is 6.12. The Kier molecular flexibility index (Phi) is 1.69. The molecule has 0 aromatic heterocycles. The Labute approximate surface area is 68.5 Å². The van der Waals surface area contributed by atoms with E-state index < -0.39 is 0 Å². The highest BCUT2D eigenvalue weighted by atomic mass is 15.0. The third-order valence-electron chi connectivity index (χ3n) is 3.15. The molecule has 2 bridgehead atoms. The molecule has 2 heteroatoms. The first-order valence-electron chi connectivity index (χ1n) is 4.68. The minimum Gasteiger partial charge on any atom is -0.325 e. The smallest absolute Gasteiger partial charge is 0.0140 e. The van der Waals surface area contributed by atoms with E-state index in [4.69, 9.17) is 5.73 Å². The minimum atomic E-state index is 0.104. The van der Waals surface area contributed by atoms with Crippen molar-refractivity contribution >= 4 is 0 Å². The fourth-order valence-electron chi connectivity index (χ4n) is 2.48. The summed E-state index contributed by atoms with van der Waals surface area (Å²) < 4.78 is 0. The molecular weight excluding hydrogens is 136 g/mol. The van der Waals surface area contributed by atoms with E-state index in [1.165, 1.54) is 32.2 Å². The van der Waals surface area contributed by atoms with Crippen molar-refractivity contribution in [2.24, 2.45) is 11.7 Å². The molecule has 0 aromatic carbocycles. The zero-order valence-electron chi connectivity index (χ0n) is 7.27. The van der Waals surface area contributed by atoms with Gasteiger partial charge in [0.15, 0.2) is 0 Å². The van der Waals surface area contributed by atoms with Crippen LogP contribution in [-0.4, -0.2) is 18.1 Å². The Hall–Kier alpha value is -0.0800. The van der Waals surface area contributed by atoms with Gasteiger partial charge in [-0.25, -0.2) is 0 Å². The van der Waals surface area contributed by atoms with Crippen molar-refractivity contribution in [3.63, 3.8) is 0 Å². The highest BCUT2D eigenvalue weighted by Gasteiger charge is 2.34. The molecule has 0 amide bonds. The van der Waals surface area contributed by atoms with E-state index in [0.29, 0.717) is 0 Å². The molecule has 0 radical (unpaired) electrons. The summed E-state index contributed by atoms with van der Waals surface area (Å²) in [5, 5.41) is 3.53. The van der Waals surface area contributed by atoms with E-state index in [0.717, 1.165) is 12.0 Å². The molecule has 2 fully saturated rings. The molecule has 64 valence electrons. The van der Waals surface area contributed by atoms with Gasteiger partial charge in [-0.05, 0) is 45.1 Å². The van der Waals surface area contributed by atoms with Gasteiger partial charge in [-0.3, -0.25) is 0 Å². The Morgan fingerprint density at radius 1 is 1.55 bits per heavy atom. The van der Waals surface area contributed by atoms with E-state index in [1.807, 2.05) is 0 Å². The molecule has 2 aliphatic rings. The van der Waals surface area contributed by atoms with Crippen LogP contribution in [0.4, 0.5) is 0 Å². The largest absolute Gasteiger partial charge is 0.325 e. The maximum Gasteiger partial charge on any atom is 0.0140 e. The van der Waals surface area contributed by atoms with Gasteiger partial charge in [-0.1, -0.05) is 0 Å². The molecule has 0 spiro atoms. The van der Waals surface area contributed by atoms with Crippen LogP contribution in [0.2, 0.25) is 0 Å². The summed E-state index contributed by atoms with van der Waals surface area (Å²) in [5.74, 6) is 0.922. The van der Waals surface area contributed by atoms with E-state index in [-0.39, 0.29) is 5.54 Å². The van der Waals surface area contributed by atoms with Crippen LogP contribution in [-0.2, 0) is 0 Å². The minimum absolute atomic E-state index is 0.104. The Morgan fingerprint density at radius 2 is 2.36 bits per heavy atom. The predicted octanol–water partition coefficient (Wildman–Crippen LogP) is 0.866. The molecule has 1 aliphatic carbocycles. The Morgan fingerprint density at radius 3 is 3.18 bits per heavy atom. The van der Waals surface area contributed by atoms with E-state index in [2.05, 4.69) is 12.2 Å². The summed E-state index contributed by atoms with van der Waals surface area (Å²) >= 11 is 0. The van der Waals surface area contributed by atoms with Crippen molar-refractivity contribution in [3.05, 3.63) is 0 Å². The van der Waals surface area contributed by atoms with Crippen molar-refractivity contribution in [1.29, 1.82) is 0 Å². The van der Waals surface area contributed by atoms with Crippen LogP contribution in [0.3, 0.4) is 0 Å². The van der Waals surface area contributed by atoms with Gasteiger partial charge >= 0.3 is 0 Å². The number of fused-ring (bicyclic) bond motifs is 2. The lowest BCUT2D eigenvalue weighted by atomic mass is 9.91. The second-order valence-electron chi connectivity index (χ2n) is 4.60. The van der Waals surface area contributed by atoms with Crippen LogP contribution in [0.1, 0.15) is 32.6 Å². The van der Waals surface area contributed by atoms with Crippen LogP contribution in [0.5, 0.6) is 0 Å². The highest BCUT2D eigenvalue weighted by Crippen LogP contribution is 2.32. The standard InChI is InChI=1S/C9H18N2/c1-9(10)3-2-7-4-8(5-9)11-6-7/h7-8,11H,2-6,10H2,1H3. The lowest BCUT2D eigenvalue weighted by Crippen LogP contribution is -2.42. The lowest BCUT2D eigenvalue weighted by molar-refractivity contribution is 0.346. The average Bonchev–Trinajstić information content (AvgIpc) is 2.24. The van der Waals surface area contributed by atoms with E-state index in [9.17, 15) is 0 Å². The molecule has 3 atom stereocenters. The van der Waals surface area contributed by atoms with Crippen molar-refractivity contribution < 1.29 is 0 Å². The topological polar surface area (TPSA) is 38.0 Å². The van der Waals surface area contributed by atoms with Gasteiger partial charge in [-0.15, -0.1) is 0 Å². The quantitative estimate of drug-likeness (QED) is 0.543. The molecular formula is C9H18N2. The molecule has 1 aliphatic heterocycles. The first-order valence-corrected chi connectivity index (χ1v) is 4.68. The van der Waals surface area contributed by atoms with Gasteiger partial charge in [0.1, 0.15) is 0 Å². The monoisotopic (exact) mass is 154 g/mol. The molecule has 3 N–H and O–H groups in total. The first kappa shape index (κ1) is 7.56. The third kappa shape index (κ3) is 1.57. The van der Waals surface area contributed by atoms with Crippen LogP contribution in [0, 0.1) is 5.92 Å². The fraction of sp³-hybridized carbons (Fsp3) is 1.00. The van der Waals surface area contributed by atoms with Gasteiger partial charge in [0.2, 0.25) is 0 Å². The highest BCUT2D eigenvalue weighted by molar-refractivity contribution is 4.94. The van der Waals surface area contributed by atoms with Crippen LogP contribution >= 0.6 is 0 Å². The zero-order valence-corrected chi connectivity index (χ0v) is 7.27. The third-order valence-corrected chi connectivity index (χ3v) is 3.15. The van der Waals surface area contributed by atoms with Crippen LogP contribution in [0.15, 0.2) is 0 Å². The molecule has 1 saturated carbocycles. The summed E-state index contributed by atoms with van der Waals surface area (Å²) in [4.78, 5) is 0. The van der Waals surface area contributed by atoms with Gasteiger partial charge in [0.05, 0.1) is 0 Å². The number of nitrogens with one attached hydrogen (secondary N) is 1. The van der Waals surface area contributed by atoms with Crippen LogP contribution < -0.4 is 11.1 Å². The molecule has 2 nitrogen and oxygen atoms in total. The number of rotatable bonds is 0. The molecule has 0 aromatic rings. The predicted molar refractivity (Wildman–Crippen MR) is 46.3 cm³/mol. The maximum atomic E-state index is 6.12. The summed E-state index contributed by atoms with van der Waals surface area (Å²) in [6.07, 6.45) is 5.09. The average molecular weight is 154 g/mol. The Bertz CT molecular complexity index is 154. The summed E-state index contributed by atoms with van der Waals surface area (Å²) in [6, 6.07) is 0.720. The number of hydrogen-bond donors (Lipinski definition) is 2. The second kappa shape index (κ2) is 2.46. The van der Waals surface area contributed by atoms with E-state index in [1.54, 1.807) is 0 Å². The van der Waals surface area contributed by atoms with Gasteiger partial charge in [0, 0.05) is 11.6 Å². The summed E-state index contributed by atoms with van der Waals surface area (Å²) in [5.41, 5.74) is 6.23. The summed E-state index contributed by atoms with van der Waals surface area (Å²) in [6.45, 7) is 3.43. The lowest BCUT2D eigenvalue weighted by Gasteiger charge is -2.27. The van der Waals surface area contributed by atoms with Gasteiger partial charge in [0.25, 0.3) is 0 Å². The summed E-state index contributed by atoms with van der Waals surface area (Å²) in [7, 11) is 0. The van der Waals surface area contributed by atoms with Crippen LogP contribution in [0.25, 0.3) is 0 Å². The normalized spacial score (nSPS) is 50.7. The first-order chi connectivity index (χ1) is 5.16. The van der Waals surface area contributed by atoms with Crippen molar-refractivity contribution in [1.82, 2.24) is 5.32 Å². The molecule has 1 heterocycles. The molecule has 1 saturated heterocycles. The number of nitrogens with two attached hydrogens (primary N) is 1. The molecule has 2 rings (SSSR count).